The topological polar surface area (TPSA) is 73.9 Å². The summed E-state index contributed by atoms with van der Waals surface area (Å²) in [6, 6.07) is 10.7. The fourth-order valence-electron chi connectivity index (χ4n) is 4.38. The lowest BCUT2D eigenvalue weighted by molar-refractivity contribution is -0.125. The third-order valence-corrected chi connectivity index (χ3v) is 6.68. The minimum absolute atomic E-state index is 0.0448. The number of nitrogens with zero attached hydrogens (tertiary/aromatic N) is 2. The monoisotopic (exact) mass is 430 g/mol. The summed E-state index contributed by atoms with van der Waals surface area (Å²) in [5, 5.41) is 6.21. The van der Waals surface area contributed by atoms with E-state index in [0.29, 0.717) is 19.6 Å². The van der Waals surface area contributed by atoms with Gasteiger partial charge in [-0.25, -0.2) is 0 Å². The predicted octanol–water partition coefficient (Wildman–Crippen LogP) is 1.38. The van der Waals surface area contributed by atoms with Gasteiger partial charge in [0.1, 0.15) is 0 Å². The molecule has 1 aromatic rings. The zero-order valence-corrected chi connectivity index (χ0v) is 19.1. The molecule has 1 atom stereocenters. The Labute approximate surface area is 186 Å². The van der Waals surface area contributed by atoms with Crippen molar-refractivity contribution >= 4 is 11.8 Å². The van der Waals surface area contributed by atoms with Gasteiger partial charge < -0.3 is 15.4 Å². The quantitative estimate of drug-likeness (QED) is 0.619. The highest BCUT2D eigenvalue weighted by Gasteiger charge is 2.35. The maximum absolute atomic E-state index is 12.7. The summed E-state index contributed by atoms with van der Waals surface area (Å²) in [5.74, 6) is 0.160. The van der Waals surface area contributed by atoms with Crippen molar-refractivity contribution in [2.24, 2.45) is 0 Å². The van der Waals surface area contributed by atoms with Crippen LogP contribution in [-0.2, 0) is 19.7 Å². The molecule has 2 N–H and O–H groups in total. The summed E-state index contributed by atoms with van der Waals surface area (Å²) in [6.07, 6.45) is 2.79. The van der Waals surface area contributed by atoms with Crippen molar-refractivity contribution in [1.82, 2.24) is 20.4 Å². The predicted molar refractivity (Wildman–Crippen MR) is 122 cm³/mol. The second kappa shape index (κ2) is 11.6. The molecule has 2 saturated heterocycles. The van der Waals surface area contributed by atoms with E-state index < -0.39 is 0 Å². The van der Waals surface area contributed by atoms with Crippen LogP contribution in [0.4, 0.5) is 0 Å². The van der Waals surface area contributed by atoms with Gasteiger partial charge in [0.25, 0.3) is 0 Å². The van der Waals surface area contributed by atoms with Crippen LogP contribution < -0.4 is 10.6 Å². The molecular formula is C24H38N4O3. The van der Waals surface area contributed by atoms with Gasteiger partial charge in [-0.05, 0) is 31.7 Å². The summed E-state index contributed by atoms with van der Waals surface area (Å²) in [4.78, 5) is 29.1. The number of piperazine rings is 1. The Hall–Kier alpha value is -1.96. The zero-order chi connectivity index (χ0) is 22.1. The van der Waals surface area contributed by atoms with E-state index in [0.717, 1.165) is 58.7 Å². The van der Waals surface area contributed by atoms with E-state index >= 15 is 0 Å². The summed E-state index contributed by atoms with van der Waals surface area (Å²) >= 11 is 0. The minimum atomic E-state index is -0.0448. The summed E-state index contributed by atoms with van der Waals surface area (Å²) in [7, 11) is 0. The molecule has 2 fully saturated rings. The smallest absolute Gasteiger partial charge is 0.234 e. The first-order valence-electron chi connectivity index (χ1n) is 11.6. The normalized spacial score (nSPS) is 20.7. The Kier molecular flexibility index (Phi) is 8.87. The average molecular weight is 431 g/mol. The lowest BCUT2D eigenvalue weighted by Crippen LogP contribution is -2.53. The first-order chi connectivity index (χ1) is 15.0. The molecular weight excluding hydrogens is 392 g/mol. The van der Waals surface area contributed by atoms with Crippen LogP contribution in [-0.4, -0.2) is 86.7 Å². The Morgan fingerprint density at radius 1 is 1.00 bits per heavy atom. The SMILES string of the molecule is CCC(C)NC(=O)CN1CCN(CC(=O)NCC2(c3ccccc3)CCOCC2)CC1. The van der Waals surface area contributed by atoms with Gasteiger partial charge in [-0.1, -0.05) is 37.3 Å². The largest absolute Gasteiger partial charge is 0.381 e. The van der Waals surface area contributed by atoms with Gasteiger partial charge in [-0.15, -0.1) is 0 Å². The van der Waals surface area contributed by atoms with Crippen LogP contribution >= 0.6 is 0 Å². The third kappa shape index (κ3) is 7.02. The Morgan fingerprint density at radius 3 is 2.16 bits per heavy atom. The highest BCUT2D eigenvalue weighted by Crippen LogP contribution is 2.34. The average Bonchev–Trinajstić information content (AvgIpc) is 2.80. The molecule has 3 rings (SSSR count). The second-order valence-electron chi connectivity index (χ2n) is 8.96. The van der Waals surface area contributed by atoms with Crippen LogP contribution in [0.25, 0.3) is 0 Å². The first kappa shape index (κ1) is 23.7. The van der Waals surface area contributed by atoms with Crippen LogP contribution in [0.1, 0.15) is 38.7 Å². The maximum Gasteiger partial charge on any atom is 0.234 e. The van der Waals surface area contributed by atoms with Crippen molar-refractivity contribution in [3.8, 4) is 0 Å². The molecule has 7 heteroatoms. The Bertz CT molecular complexity index is 698. The zero-order valence-electron chi connectivity index (χ0n) is 19.1. The molecule has 7 nitrogen and oxygen atoms in total. The van der Waals surface area contributed by atoms with E-state index in [1.54, 1.807) is 0 Å². The van der Waals surface area contributed by atoms with Crippen LogP contribution in [0, 0.1) is 0 Å². The molecule has 0 saturated carbocycles. The molecule has 1 aromatic carbocycles. The molecule has 2 aliphatic rings. The summed E-state index contributed by atoms with van der Waals surface area (Å²) in [5.41, 5.74) is 1.24. The van der Waals surface area contributed by atoms with E-state index in [1.165, 1.54) is 5.56 Å². The maximum atomic E-state index is 12.7. The van der Waals surface area contributed by atoms with Gasteiger partial charge in [0.2, 0.25) is 11.8 Å². The lowest BCUT2D eigenvalue weighted by atomic mass is 9.74. The molecule has 172 valence electrons. The van der Waals surface area contributed by atoms with Crippen LogP contribution in [0.5, 0.6) is 0 Å². The van der Waals surface area contributed by atoms with Gasteiger partial charge in [0.15, 0.2) is 0 Å². The summed E-state index contributed by atoms with van der Waals surface area (Å²) in [6.45, 7) is 10.3. The molecule has 2 aliphatic heterocycles. The molecule has 2 amide bonds. The number of hydrogen-bond acceptors (Lipinski definition) is 5. The van der Waals surface area contributed by atoms with Crippen molar-refractivity contribution in [2.75, 3.05) is 59.0 Å². The van der Waals surface area contributed by atoms with Crippen molar-refractivity contribution in [3.63, 3.8) is 0 Å². The van der Waals surface area contributed by atoms with E-state index in [2.05, 4.69) is 51.6 Å². The third-order valence-electron chi connectivity index (χ3n) is 6.68. The number of rotatable bonds is 9. The Morgan fingerprint density at radius 2 is 1.58 bits per heavy atom. The van der Waals surface area contributed by atoms with Gasteiger partial charge in [0, 0.05) is 57.4 Å². The highest BCUT2D eigenvalue weighted by atomic mass is 16.5. The van der Waals surface area contributed by atoms with Crippen LogP contribution in [0.15, 0.2) is 30.3 Å². The number of benzene rings is 1. The number of carbonyl (C=O) groups excluding carboxylic acids is 2. The lowest BCUT2D eigenvalue weighted by Gasteiger charge is -2.38. The first-order valence-corrected chi connectivity index (χ1v) is 11.6. The van der Waals surface area contributed by atoms with Crippen molar-refractivity contribution in [2.45, 2.75) is 44.6 Å². The second-order valence-corrected chi connectivity index (χ2v) is 8.96. The molecule has 1 unspecified atom stereocenters. The molecule has 0 radical (unpaired) electrons. The number of carbonyl (C=O) groups is 2. The molecule has 0 spiro atoms. The standard InChI is InChI=1S/C24H38N4O3/c1-3-20(2)26-23(30)18-28-13-11-27(12-14-28)17-22(29)25-19-24(9-15-31-16-10-24)21-7-5-4-6-8-21/h4-8,20H,3,9-19H2,1-2H3,(H,25,29)(H,26,30). The van der Waals surface area contributed by atoms with Crippen molar-refractivity contribution in [1.29, 1.82) is 0 Å². The molecule has 31 heavy (non-hydrogen) atoms. The molecule has 2 heterocycles. The minimum Gasteiger partial charge on any atom is -0.381 e. The van der Waals surface area contributed by atoms with Gasteiger partial charge in [-0.2, -0.15) is 0 Å². The number of hydrogen-bond donors (Lipinski definition) is 2. The molecule has 0 aliphatic carbocycles. The highest BCUT2D eigenvalue weighted by molar-refractivity contribution is 5.78. The molecule has 0 aromatic heterocycles. The van der Waals surface area contributed by atoms with Gasteiger partial charge >= 0.3 is 0 Å². The van der Waals surface area contributed by atoms with E-state index in [4.69, 9.17) is 4.74 Å². The van der Waals surface area contributed by atoms with Crippen LogP contribution in [0.3, 0.4) is 0 Å². The fourth-order valence-corrected chi connectivity index (χ4v) is 4.38. The molecule has 0 bridgehead atoms. The summed E-state index contributed by atoms with van der Waals surface area (Å²) < 4.78 is 5.59. The van der Waals surface area contributed by atoms with E-state index in [9.17, 15) is 9.59 Å². The van der Waals surface area contributed by atoms with E-state index in [-0.39, 0.29) is 23.3 Å². The number of amides is 2. The number of ether oxygens (including phenoxy) is 1. The van der Waals surface area contributed by atoms with E-state index in [1.807, 2.05) is 13.0 Å². The van der Waals surface area contributed by atoms with Gasteiger partial charge in [-0.3, -0.25) is 19.4 Å². The van der Waals surface area contributed by atoms with Crippen molar-refractivity contribution in [3.05, 3.63) is 35.9 Å². The van der Waals surface area contributed by atoms with Gasteiger partial charge in [0.05, 0.1) is 13.1 Å². The van der Waals surface area contributed by atoms with Crippen molar-refractivity contribution < 1.29 is 14.3 Å². The number of nitrogens with one attached hydrogen (secondary N) is 2. The Balaban J connectivity index is 1.42. The van der Waals surface area contributed by atoms with Crippen LogP contribution in [0.2, 0.25) is 0 Å². The fraction of sp³-hybridized carbons (Fsp3) is 0.667.